The zero-order chi connectivity index (χ0) is 14.6. The summed E-state index contributed by atoms with van der Waals surface area (Å²) >= 11 is 0.380. The third-order valence-corrected chi connectivity index (χ3v) is 3.51. The van der Waals surface area contributed by atoms with Crippen LogP contribution < -0.4 is 5.32 Å². The van der Waals surface area contributed by atoms with Crippen LogP contribution in [0, 0.1) is 6.92 Å². The van der Waals surface area contributed by atoms with Gasteiger partial charge in [0.2, 0.25) is 0 Å². The van der Waals surface area contributed by atoms with E-state index in [1.165, 1.54) is 6.92 Å². The topological polar surface area (TPSA) is 45.2 Å². The summed E-state index contributed by atoms with van der Waals surface area (Å²) in [5.74, 6) is -0.496. The highest BCUT2D eigenvalue weighted by Crippen LogP contribution is 2.33. The molecule has 0 aromatic carbocycles. The number of carbonyl (C=O) groups excluding carboxylic acids is 1. The lowest BCUT2D eigenvalue weighted by molar-refractivity contribution is -0.137. The molecule has 0 aliphatic heterocycles. The molecule has 0 unspecified atom stereocenters. The molecule has 0 aliphatic rings. The van der Waals surface area contributed by atoms with Crippen LogP contribution in [0.1, 0.15) is 26.8 Å². The molecule has 0 spiro atoms. The molecule has 0 aliphatic carbocycles. The SMILES string of the molecule is Cc1nc(C(F)(F)F)sc1C(=O)NCCCN(C)C. The number of hydrogen-bond acceptors (Lipinski definition) is 4. The molecular weight excluding hydrogens is 279 g/mol. The van der Waals surface area contributed by atoms with E-state index in [1.54, 1.807) is 0 Å². The molecule has 1 amide bonds. The predicted molar refractivity (Wildman–Crippen MR) is 67.4 cm³/mol. The van der Waals surface area contributed by atoms with Crippen LogP contribution in [0.25, 0.3) is 0 Å². The Morgan fingerprint density at radius 2 is 2.05 bits per heavy atom. The molecule has 1 aromatic rings. The minimum atomic E-state index is -4.50. The lowest BCUT2D eigenvalue weighted by atomic mass is 10.3. The largest absolute Gasteiger partial charge is 0.443 e. The predicted octanol–water partition coefficient (Wildman–Crippen LogP) is 2.15. The second kappa shape index (κ2) is 6.33. The monoisotopic (exact) mass is 295 g/mol. The minimum absolute atomic E-state index is 0.0252. The van der Waals surface area contributed by atoms with Crippen molar-refractivity contribution in [3.05, 3.63) is 15.6 Å². The van der Waals surface area contributed by atoms with Crippen molar-refractivity contribution in [2.24, 2.45) is 0 Å². The fourth-order valence-electron chi connectivity index (χ4n) is 1.41. The standard InChI is InChI=1S/C11H16F3N3OS/c1-7-8(19-10(16-7)11(12,13)14)9(18)15-5-4-6-17(2)3/h4-6H2,1-3H3,(H,15,18). The number of aromatic nitrogens is 1. The number of rotatable bonds is 5. The Morgan fingerprint density at radius 3 is 2.53 bits per heavy atom. The summed E-state index contributed by atoms with van der Waals surface area (Å²) in [6, 6.07) is 0. The zero-order valence-electron chi connectivity index (χ0n) is 11.0. The van der Waals surface area contributed by atoms with Crippen LogP contribution in [-0.4, -0.2) is 43.0 Å². The van der Waals surface area contributed by atoms with Gasteiger partial charge in [-0.15, -0.1) is 11.3 Å². The van der Waals surface area contributed by atoms with Crippen LogP contribution in [0.2, 0.25) is 0 Å². The van der Waals surface area contributed by atoms with Gasteiger partial charge in [-0.25, -0.2) is 4.98 Å². The van der Waals surface area contributed by atoms with Gasteiger partial charge < -0.3 is 10.2 Å². The number of halogens is 3. The van der Waals surface area contributed by atoms with Gasteiger partial charge in [-0.05, 0) is 34.0 Å². The molecule has 1 rings (SSSR count). The minimum Gasteiger partial charge on any atom is -0.351 e. The zero-order valence-corrected chi connectivity index (χ0v) is 11.8. The Labute approximate surface area is 113 Å². The summed E-state index contributed by atoms with van der Waals surface area (Å²) in [6.07, 6.45) is -3.76. The van der Waals surface area contributed by atoms with Crippen molar-refractivity contribution >= 4 is 17.2 Å². The Hall–Kier alpha value is -1.15. The van der Waals surface area contributed by atoms with Crippen LogP contribution in [0.3, 0.4) is 0 Å². The number of alkyl halides is 3. The van der Waals surface area contributed by atoms with Gasteiger partial charge in [0.15, 0.2) is 5.01 Å². The average molecular weight is 295 g/mol. The number of thiazole rings is 1. The smallest absolute Gasteiger partial charge is 0.351 e. The second-order valence-electron chi connectivity index (χ2n) is 4.34. The lowest BCUT2D eigenvalue weighted by Gasteiger charge is -2.09. The van der Waals surface area contributed by atoms with Gasteiger partial charge in [0.05, 0.1) is 5.69 Å². The van der Waals surface area contributed by atoms with Crippen LogP contribution in [0.15, 0.2) is 0 Å². The summed E-state index contributed by atoms with van der Waals surface area (Å²) in [6.45, 7) is 2.63. The molecule has 1 heterocycles. The number of nitrogens with one attached hydrogen (secondary N) is 1. The van der Waals surface area contributed by atoms with E-state index in [4.69, 9.17) is 0 Å². The maximum absolute atomic E-state index is 12.5. The average Bonchev–Trinajstić information content (AvgIpc) is 2.66. The third kappa shape index (κ3) is 4.79. The summed E-state index contributed by atoms with van der Waals surface area (Å²) in [4.78, 5) is 17.1. The highest BCUT2D eigenvalue weighted by molar-refractivity contribution is 7.13. The first-order chi connectivity index (χ1) is 8.71. The van der Waals surface area contributed by atoms with Gasteiger partial charge in [-0.2, -0.15) is 13.2 Å². The van der Waals surface area contributed by atoms with Gasteiger partial charge in [-0.1, -0.05) is 0 Å². The van der Waals surface area contributed by atoms with E-state index < -0.39 is 17.1 Å². The number of aryl methyl sites for hydroxylation is 1. The first-order valence-electron chi connectivity index (χ1n) is 5.69. The van der Waals surface area contributed by atoms with E-state index >= 15 is 0 Å². The van der Waals surface area contributed by atoms with Crippen molar-refractivity contribution in [1.82, 2.24) is 15.2 Å². The highest BCUT2D eigenvalue weighted by Gasteiger charge is 2.36. The Morgan fingerprint density at radius 1 is 1.42 bits per heavy atom. The first kappa shape index (κ1) is 15.9. The third-order valence-electron chi connectivity index (χ3n) is 2.31. The molecule has 4 nitrogen and oxygen atoms in total. The molecule has 1 aromatic heterocycles. The van der Waals surface area contributed by atoms with Gasteiger partial charge in [0.25, 0.3) is 5.91 Å². The van der Waals surface area contributed by atoms with Crippen LogP contribution >= 0.6 is 11.3 Å². The van der Waals surface area contributed by atoms with Gasteiger partial charge in [-0.3, -0.25) is 4.79 Å². The maximum atomic E-state index is 12.5. The fourth-order valence-corrected chi connectivity index (χ4v) is 2.26. The number of amides is 1. The molecule has 1 N–H and O–H groups in total. The van der Waals surface area contributed by atoms with E-state index in [0.29, 0.717) is 17.9 Å². The molecule has 108 valence electrons. The molecule has 19 heavy (non-hydrogen) atoms. The lowest BCUT2D eigenvalue weighted by Crippen LogP contribution is -2.26. The van der Waals surface area contributed by atoms with Gasteiger partial charge >= 0.3 is 6.18 Å². The second-order valence-corrected chi connectivity index (χ2v) is 5.34. The van der Waals surface area contributed by atoms with Crippen LogP contribution in [0.4, 0.5) is 13.2 Å². The number of carbonyl (C=O) groups is 1. The molecule has 0 radical (unpaired) electrons. The van der Waals surface area contributed by atoms with E-state index in [9.17, 15) is 18.0 Å². The Kier molecular flexibility index (Phi) is 5.30. The Balaban J connectivity index is 2.60. The summed E-state index contributed by atoms with van der Waals surface area (Å²) < 4.78 is 37.4. The highest BCUT2D eigenvalue weighted by atomic mass is 32.1. The molecule has 0 saturated heterocycles. The molecule has 8 heteroatoms. The molecule has 0 atom stereocenters. The molecule has 0 saturated carbocycles. The molecule has 0 fully saturated rings. The van der Waals surface area contributed by atoms with E-state index in [-0.39, 0.29) is 10.6 Å². The van der Waals surface area contributed by atoms with Crippen molar-refractivity contribution < 1.29 is 18.0 Å². The van der Waals surface area contributed by atoms with Crippen molar-refractivity contribution in [1.29, 1.82) is 0 Å². The van der Waals surface area contributed by atoms with E-state index in [2.05, 4.69) is 10.3 Å². The summed E-state index contributed by atoms with van der Waals surface area (Å²) in [7, 11) is 3.82. The maximum Gasteiger partial charge on any atom is 0.443 e. The quantitative estimate of drug-likeness (QED) is 0.847. The van der Waals surface area contributed by atoms with E-state index in [1.807, 2.05) is 19.0 Å². The van der Waals surface area contributed by atoms with Gasteiger partial charge in [0, 0.05) is 6.54 Å². The summed E-state index contributed by atoms with van der Waals surface area (Å²) in [5, 5.41) is 1.61. The normalized spacial score (nSPS) is 11.9. The Bertz CT molecular complexity index is 443. The van der Waals surface area contributed by atoms with E-state index in [0.717, 1.165) is 13.0 Å². The van der Waals surface area contributed by atoms with Crippen LogP contribution in [-0.2, 0) is 6.18 Å². The fraction of sp³-hybridized carbons (Fsp3) is 0.636. The summed E-state index contributed by atoms with van der Waals surface area (Å²) in [5.41, 5.74) is 0.113. The number of nitrogens with zero attached hydrogens (tertiary/aromatic N) is 2. The molecule has 0 bridgehead atoms. The van der Waals surface area contributed by atoms with Gasteiger partial charge in [0.1, 0.15) is 4.88 Å². The van der Waals surface area contributed by atoms with Crippen LogP contribution in [0.5, 0.6) is 0 Å². The van der Waals surface area contributed by atoms with Crippen molar-refractivity contribution in [3.63, 3.8) is 0 Å². The van der Waals surface area contributed by atoms with Crippen molar-refractivity contribution in [3.8, 4) is 0 Å². The first-order valence-corrected chi connectivity index (χ1v) is 6.51. The molecular formula is C11H16F3N3OS. The van der Waals surface area contributed by atoms with Crippen molar-refractivity contribution in [2.45, 2.75) is 19.5 Å². The van der Waals surface area contributed by atoms with Crippen molar-refractivity contribution in [2.75, 3.05) is 27.2 Å². The number of hydrogen-bond donors (Lipinski definition) is 1.